The largest absolute Gasteiger partial charge is 0.206 e. The molecule has 0 fully saturated rings. The van der Waals surface area contributed by atoms with E-state index in [0.29, 0.717) is 16.7 Å². The normalized spacial score (nSPS) is 10.3. The van der Waals surface area contributed by atoms with Crippen LogP contribution in [0.1, 0.15) is 5.56 Å². The average molecular weight is 384 g/mol. The third kappa shape index (κ3) is 3.31. The Morgan fingerprint density at radius 2 is 1.48 bits per heavy atom. The van der Waals surface area contributed by atoms with Crippen LogP contribution in [-0.4, -0.2) is 0 Å². The van der Waals surface area contributed by atoms with Gasteiger partial charge in [0.25, 0.3) is 0 Å². The maximum atomic E-state index is 14.1. The van der Waals surface area contributed by atoms with Gasteiger partial charge in [-0.1, -0.05) is 54.2 Å². The molecule has 1 nitrogen and oxygen atoms in total. The molecule has 0 unspecified atom stereocenters. The van der Waals surface area contributed by atoms with E-state index in [2.05, 4.69) is 22.0 Å². The molecule has 3 aromatic rings. The van der Waals surface area contributed by atoms with E-state index in [-0.39, 0.29) is 5.82 Å². The predicted octanol–water partition coefficient (Wildman–Crippen LogP) is 6.28. The van der Waals surface area contributed by atoms with Crippen LogP contribution in [0.3, 0.4) is 0 Å². The lowest BCUT2D eigenvalue weighted by atomic mass is 10.00. The summed E-state index contributed by atoms with van der Waals surface area (Å²) in [6, 6.07) is 22.1. The first-order valence-electron chi connectivity index (χ1n) is 6.91. The highest BCUT2D eigenvalue weighted by molar-refractivity contribution is 9.10. The van der Waals surface area contributed by atoms with Crippen LogP contribution in [0.15, 0.2) is 81.0 Å². The number of rotatable bonds is 3. The van der Waals surface area contributed by atoms with Gasteiger partial charge in [-0.3, -0.25) is 0 Å². The summed E-state index contributed by atoms with van der Waals surface area (Å²) in [6.07, 6.45) is 0. The molecule has 0 aliphatic carbocycles. The minimum atomic E-state index is -0.327. The molecule has 112 valence electrons. The standard InChI is InChI=1S/C19H11BrFNS/c20-16-8-2-4-10-19(16)23-18-11-5-7-13(15(18)12-22)14-6-1-3-9-17(14)21/h1-11H. The highest BCUT2D eigenvalue weighted by Crippen LogP contribution is 2.38. The second-order valence-electron chi connectivity index (χ2n) is 4.80. The number of hydrogen-bond acceptors (Lipinski definition) is 2. The number of benzene rings is 3. The van der Waals surface area contributed by atoms with Gasteiger partial charge in [-0.2, -0.15) is 5.26 Å². The molecule has 3 aromatic carbocycles. The van der Waals surface area contributed by atoms with Crippen molar-refractivity contribution in [2.75, 3.05) is 0 Å². The van der Waals surface area contributed by atoms with Crippen molar-refractivity contribution in [3.8, 4) is 17.2 Å². The lowest BCUT2D eigenvalue weighted by Crippen LogP contribution is -1.91. The molecule has 0 aliphatic heterocycles. The van der Waals surface area contributed by atoms with Gasteiger partial charge in [0, 0.05) is 25.4 Å². The van der Waals surface area contributed by atoms with Gasteiger partial charge in [0.05, 0.1) is 5.56 Å². The van der Waals surface area contributed by atoms with Gasteiger partial charge in [0.1, 0.15) is 11.9 Å². The number of nitriles is 1. The Morgan fingerprint density at radius 3 is 2.22 bits per heavy atom. The molecule has 0 aromatic heterocycles. The lowest BCUT2D eigenvalue weighted by Gasteiger charge is -2.11. The summed E-state index contributed by atoms with van der Waals surface area (Å²) < 4.78 is 15.1. The van der Waals surface area contributed by atoms with Gasteiger partial charge < -0.3 is 0 Å². The molecular formula is C19H11BrFNS. The van der Waals surface area contributed by atoms with Crippen LogP contribution in [0.4, 0.5) is 4.39 Å². The smallest absolute Gasteiger partial charge is 0.131 e. The second kappa shape index (κ2) is 6.99. The quantitative estimate of drug-likeness (QED) is 0.531. The molecule has 23 heavy (non-hydrogen) atoms. The minimum absolute atomic E-state index is 0.327. The van der Waals surface area contributed by atoms with Crippen LogP contribution in [-0.2, 0) is 0 Å². The summed E-state index contributed by atoms with van der Waals surface area (Å²) in [4.78, 5) is 1.81. The van der Waals surface area contributed by atoms with Crippen molar-refractivity contribution in [1.82, 2.24) is 0 Å². The van der Waals surface area contributed by atoms with Gasteiger partial charge in [0.2, 0.25) is 0 Å². The first kappa shape index (κ1) is 15.8. The summed E-state index contributed by atoms with van der Waals surface area (Å²) in [5.41, 5.74) is 1.54. The van der Waals surface area contributed by atoms with Crippen LogP contribution < -0.4 is 0 Å². The maximum absolute atomic E-state index is 14.1. The molecule has 0 aliphatic rings. The van der Waals surface area contributed by atoms with E-state index in [4.69, 9.17) is 0 Å². The Hall–Kier alpha value is -2.09. The monoisotopic (exact) mass is 383 g/mol. The van der Waals surface area contributed by atoms with Crippen LogP contribution in [0.2, 0.25) is 0 Å². The van der Waals surface area contributed by atoms with E-state index in [1.807, 2.05) is 36.4 Å². The average Bonchev–Trinajstić information content (AvgIpc) is 2.57. The van der Waals surface area contributed by atoms with E-state index in [1.165, 1.54) is 17.8 Å². The van der Waals surface area contributed by atoms with E-state index in [0.717, 1.165) is 14.3 Å². The maximum Gasteiger partial charge on any atom is 0.131 e. The number of hydrogen-bond donors (Lipinski definition) is 0. The van der Waals surface area contributed by atoms with Crippen LogP contribution in [0.25, 0.3) is 11.1 Å². The lowest BCUT2D eigenvalue weighted by molar-refractivity contribution is 0.631. The fraction of sp³-hybridized carbons (Fsp3) is 0. The van der Waals surface area contributed by atoms with E-state index in [1.54, 1.807) is 24.3 Å². The molecule has 4 heteroatoms. The summed E-state index contributed by atoms with van der Waals surface area (Å²) in [5.74, 6) is -0.327. The third-order valence-electron chi connectivity index (χ3n) is 3.36. The van der Waals surface area contributed by atoms with Gasteiger partial charge in [-0.05, 0) is 40.2 Å². The molecule has 0 spiro atoms. The molecule has 0 radical (unpaired) electrons. The summed E-state index contributed by atoms with van der Waals surface area (Å²) in [5, 5.41) is 9.60. The van der Waals surface area contributed by atoms with Crippen molar-refractivity contribution in [2.24, 2.45) is 0 Å². The zero-order valence-corrected chi connectivity index (χ0v) is 14.4. The Kier molecular flexibility index (Phi) is 4.80. The highest BCUT2D eigenvalue weighted by atomic mass is 79.9. The van der Waals surface area contributed by atoms with Gasteiger partial charge in [-0.15, -0.1) is 0 Å². The van der Waals surface area contributed by atoms with Crippen molar-refractivity contribution in [1.29, 1.82) is 5.26 Å². The number of nitrogens with zero attached hydrogens (tertiary/aromatic N) is 1. The SMILES string of the molecule is N#Cc1c(Sc2ccccc2Br)cccc1-c1ccccc1F. The van der Waals surface area contributed by atoms with Gasteiger partial charge in [-0.25, -0.2) is 4.39 Å². The first-order chi connectivity index (χ1) is 11.2. The molecule has 0 heterocycles. The Bertz CT molecular complexity index is 902. The van der Waals surface area contributed by atoms with Gasteiger partial charge in [0.15, 0.2) is 0 Å². The highest BCUT2D eigenvalue weighted by Gasteiger charge is 2.14. The zero-order chi connectivity index (χ0) is 16.2. The zero-order valence-electron chi connectivity index (χ0n) is 12.0. The fourth-order valence-corrected chi connectivity index (χ4v) is 3.76. The van der Waals surface area contributed by atoms with Crippen molar-refractivity contribution in [2.45, 2.75) is 9.79 Å². The van der Waals surface area contributed by atoms with E-state index >= 15 is 0 Å². The number of halogens is 2. The third-order valence-corrected chi connectivity index (χ3v) is 5.45. The van der Waals surface area contributed by atoms with Gasteiger partial charge >= 0.3 is 0 Å². The van der Waals surface area contributed by atoms with E-state index < -0.39 is 0 Å². The van der Waals surface area contributed by atoms with Crippen molar-refractivity contribution in [3.05, 3.63) is 82.6 Å². The molecule has 0 N–H and O–H groups in total. The fourth-order valence-electron chi connectivity index (χ4n) is 2.28. The molecule has 0 atom stereocenters. The first-order valence-corrected chi connectivity index (χ1v) is 8.52. The molecule has 3 rings (SSSR count). The van der Waals surface area contributed by atoms with Crippen molar-refractivity contribution >= 4 is 27.7 Å². The molecule has 0 saturated heterocycles. The Labute approximate surface area is 146 Å². The predicted molar refractivity (Wildman–Crippen MR) is 94.8 cm³/mol. The molecule has 0 amide bonds. The molecule has 0 saturated carbocycles. The molecule has 0 bridgehead atoms. The van der Waals surface area contributed by atoms with Crippen LogP contribution in [0, 0.1) is 17.1 Å². The summed E-state index contributed by atoms with van der Waals surface area (Å²) in [6.45, 7) is 0. The Balaban J connectivity index is 2.10. The van der Waals surface area contributed by atoms with Crippen molar-refractivity contribution < 1.29 is 4.39 Å². The summed E-state index contributed by atoms with van der Waals surface area (Å²) in [7, 11) is 0. The Morgan fingerprint density at radius 1 is 0.826 bits per heavy atom. The van der Waals surface area contributed by atoms with Crippen LogP contribution >= 0.6 is 27.7 Å². The van der Waals surface area contributed by atoms with E-state index in [9.17, 15) is 9.65 Å². The molecular weight excluding hydrogens is 373 g/mol. The topological polar surface area (TPSA) is 23.8 Å². The van der Waals surface area contributed by atoms with Crippen molar-refractivity contribution in [3.63, 3.8) is 0 Å². The summed E-state index contributed by atoms with van der Waals surface area (Å²) >= 11 is 5.00. The minimum Gasteiger partial charge on any atom is -0.206 e. The second-order valence-corrected chi connectivity index (χ2v) is 6.74. The van der Waals surface area contributed by atoms with Crippen LogP contribution in [0.5, 0.6) is 0 Å².